The highest BCUT2D eigenvalue weighted by molar-refractivity contribution is 5.73. The van der Waals surface area contributed by atoms with Crippen molar-refractivity contribution in [2.24, 2.45) is 11.8 Å². The molecule has 0 amide bonds. The van der Waals surface area contributed by atoms with Crippen molar-refractivity contribution in [3.8, 4) is 5.75 Å². The van der Waals surface area contributed by atoms with E-state index in [0.29, 0.717) is 18.5 Å². The van der Waals surface area contributed by atoms with Crippen LogP contribution in [0.25, 0.3) is 0 Å². The van der Waals surface area contributed by atoms with Gasteiger partial charge in [0.15, 0.2) is 0 Å². The van der Waals surface area contributed by atoms with Crippen molar-refractivity contribution in [2.75, 3.05) is 20.8 Å². The monoisotopic (exact) mass is 347 g/mol. The zero-order chi connectivity index (χ0) is 18.2. The second-order valence-corrected chi connectivity index (χ2v) is 8.12. The minimum atomic E-state index is -0.460. The molecule has 0 radical (unpaired) electrons. The highest BCUT2D eigenvalue weighted by Crippen LogP contribution is 2.38. The highest BCUT2D eigenvalue weighted by atomic mass is 16.7. The first-order valence-corrected chi connectivity index (χ1v) is 9.00. The lowest BCUT2D eigenvalue weighted by molar-refractivity contribution is -0.210. The predicted octanol–water partition coefficient (Wildman–Crippen LogP) is 3.00. The molecule has 1 heterocycles. The fourth-order valence-corrected chi connectivity index (χ4v) is 4.06. The molecule has 2 aliphatic rings. The lowest BCUT2D eigenvalue weighted by atomic mass is 9.73. The number of carbonyl (C=O) groups is 1. The van der Waals surface area contributed by atoms with E-state index in [2.05, 4.69) is 12.1 Å². The summed E-state index contributed by atoms with van der Waals surface area (Å²) < 4.78 is 11.0. The number of hydrogen-bond acceptors (Lipinski definition) is 5. The molecule has 5 nitrogen and oxygen atoms in total. The van der Waals surface area contributed by atoms with Gasteiger partial charge in [-0.1, -0.05) is 6.07 Å². The summed E-state index contributed by atoms with van der Waals surface area (Å²) in [5.41, 5.74) is 2.21. The summed E-state index contributed by atoms with van der Waals surface area (Å²) in [4.78, 5) is 18.2. The van der Waals surface area contributed by atoms with E-state index in [4.69, 9.17) is 14.3 Å². The number of ether oxygens (including phenoxy) is 2. The fraction of sp³-hybridized carbons (Fsp3) is 0.650. The first-order chi connectivity index (χ1) is 11.8. The van der Waals surface area contributed by atoms with E-state index >= 15 is 0 Å². The van der Waals surface area contributed by atoms with Gasteiger partial charge >= 0.3 is 5.97 Å². The van der Waals surface area contributed by atoms with Crippen LogP contribution in [0.2, 0.25) is 0 Å². The number of esters is 1. The van der Waals surface area contributed by atoms with Crippen LogP contribution < -0.4 is 4.74 Å². The Morgan fingerprint density at radius 2 is 1.92 bits per heavy atom. The maximum atomic E-state index is 12.6. The summed E-state index contributed by atoms with van der Waals surface area (Å²) in [6.07, 6.45) is 2.73. The van der Waals surface area contributed by atoms with Gasteiger partial charge in [0.2, 0.25) is 0 Å². The summed E-state index contributed by atoms with van der Waals surface area (Å²) in [5.74, 6) is 1.00. The Hall–Kier alpha value is -1.59. The van der Waals surface area contributed by atoms with Crippen molar-refractivity contribution < 1.29 is 19.1 Å². The van der Waals surface area contributed by atoms with Gasteiger partial charge in [-0.05, 0) is 69.2 Å². The van der Waals surface area contributed by atoms with Gasteiger partial charge < -0.3 is 14.3 Å². The van der Waals surface area contributed by atoms with Crippen LogP contribution in [0.1, 0.15) is 38.3 Å². The molecule has 1 aliphatic carbocycles. The molecule has 1 saturated heterocycles. The number of carbonyl (C=O) groups excluding carboxylic acids is 1. The van der Waals surface area contributed by atoms with Crippen molar-refractivity contribution in [1.82, 2.24) is 5.06 Å². The second kappa shape index (κ2) is 6.96. The molecule has 0 aromatic heterocycles. The summed E-state index contributed by atoms with van der Waals surface area (Å²) in [5, 5.41) is 1.98. The minimum absolute atomic E-state index is 0.121. The molecule has 1 aromatic carbocycles. The van der Waals surface area contributed by atoms with Crippen molar-refractivity contribution in [1.29, 1.82) is 0 Å². The number of fused-ring (bicyclic) bond motifs is 2. The predicted molar refractivity (Wildman–Crippen MR) is 95.3 cm³/mol. The lowest BCUT2D eigenvalue weighted by Crippen LogP contribution is -2.53. The molecule has 0 saturated carbocycles. The highest BCUT2D eigenvalue weighted by Gasteiger charge is 2.43. The van der Waals surface area contributed by atoms with Gasteiger partial charge in [0, 0.05) is 12.6 Å². The summed E-state index contributed by atoms with van der Waals surface area (Å²) in [6.45, 7) is 6.33. The Kier molecular flexibility index (Phi) is 5.07. The number of benzene rings is 1. The van der Waals surface area contributed by atoms with Gasteiger partial charge in [-0.3, -0.25) is 4.79 Å². The molecule has 1 aliphatic heterocycles. The van der Waals surface area contributed by atoms with E-state index < -0.39 is 5.60 Å². The van der Waals surface area contributed by atoms with Crippen LogP contribution in [-0.4, -0.2) is 43.4 Å². The molecular weight excluding hydrogens is 318 g/mol. The standard InChI is InChI=1S/C20H29NO4/c1-20(2,3)25-19(22)16-9-15-8-14-10-17(23-4)7-6-13(14)11-18(15)21(12-16)24-5/h6-7,10,15-16,18H,8-9,11-12H2,1-5H3. The lowest BCUT2D eigenvalue weighted by Gasteiger charge is -2.45. The number of piperidine rings is 1. The van der Waals surface area contributed by atoms with Gasteiger partial charge in [-0.25, -0.2) is 0 Å². The fourth-order valence-electron chi connectivity index (χ4n) is 4.06. The third-order valence-electron chi connectivity index (χ3n) is 5.20. The Bertz CT molecular complexity index is 637. The van der Waals surface area contributed by atoms with Gasteiger partial charge in [0.05, 0.1) is 20.1 Å². The molecule has 5 heteroatoms. The van der Waals surface area contributed by atoms with Crippen LogP contribution in [0, 0.1) is 11.8 Å². The molecule has 1 aromatic rings. The third kappa shape index (κ3) is 3.98. The number of hydroxylamine groups is 2. The Labute approximate surface area is 150 Å². The molecule has 3 rings (SSSR count). The smallest absolute Gasteiger partial charge is 0.310 e. The van der Waals surface area contributed by atoms with Crippen LogP contribution in [0.3, 0.4) is 0 Å². The van der Waals surface area contributed by atoms with Gasteiger partial charge in [0.1, 0.15) is 11.4 Å². The first kappa shape index (κ1) is 18.2. The van der Waals surface area contributed by atoms with Crippen LogP contribution in [0.15, 0.2) is 18.2 Å². The topological polar surface area (TPSA) is 48.0 Å². The van der Waals surface area contributed by atoms with Crippen molar-refractivity contribution in [2.45, 2.75) is 51.7 Å². The second-order valence-electron chi connectivity index (χ2n) is 8.12. The number of methoxy groups -OCH3 is 1. The average Bonchev–Trinajstić information content (AvgIpc) is 2.56. The third-order valence-corrected chi connectivity index (χ3v) is 5.20. The van der Waals surface area contributed by atoms with Crippen molar-refractivity contribution in [3.63, 3.8) is 0 Å². The number of hydrogen-bond donors (Lipinski definition) is 0. The van der Waals surface area contributed by atoms with E-state index in [1.807, 2.05) is 31.9 Å². The van der Waals surface area contributed by atoms with E-state index in [1.165, 1.54) is 11.1 Å². The largest absolute Gasteiger partial charge is 0.497 e. The van der Waals surface area contributed by atoms with Crippen LogP contribution in [-0.2, 0) is 27.2 Å². The molecular formula is C20H29NO4. The Morgan fingerprint density at radius 1 is 1.16 bits per heavy atom. The molecule has 0 bridgehead atoms. The Morgan fingerprint density at radius 3 is 2.56 bits per heavy atom. The SMILES string of the molecule is COc1ccc2c(c1)CC1CC(C(=O)OC(C)(C)C)CN(OC)C1C2. The van der Waals surface area contributed by atoms with E-state index in [0.717, 1.165) is 25.0 Å². The summed E-state index contributed by atoms with van der Waals surface area (Å²) >= 11 is 0. The molecule has 1 fully saturated rings. The van der Waals surface area contributed by atoms with Crippen molar-refractivity contribution >= 4 is 5.97 Å². The zero-order valence-electron chi connectivity index (χ0n) is 15.9. The summed E-state index contributed by atoms with van der Waals surface area (Å²) in [7, 11) is 3.39. The molecule has 3 unspecified atom stereocenters. The first-order valence-electron chi connectivity index (χ1n) is 9.00. The van der Waals surface area contributed by atoms with E-state index in [-0.39, 0.29) is 11.9 Å². The number of nitrogens with zero attached hydrogens (tertiary/aromatic N) is 1. The average molecular weight is 347 g/mol. The normalized spacial score (nSPS) is 26.5. The molecule has 3 atom stereocenters. The van der Waals surface area contributed by atoms with Crippen LogP contribution in [0.5, 0.6) is 5.75 Å². The summed E-state index contributed by atoms with van der Waals surface area (Å²) in [6, 6.07) is 6.60. The van der Waals surface area contributed by atoms with Crippen LogP contribution in [0.4, 0.5) is 0 Å². The van der Waals surface area contributed by atoms with Crippen LogP contribution >= 0.6 is 0 Å². The quantitative estimate of drug-likeness (QED) is 0.787. The van der Waals surface area contributed by atoms with Gasteiger partial charge in [0.25, 0.3) is 0 Å². The molecule has 25 heavy (non-hydrogen) atoms. The maximum absolute atomic E-state index is 12.6. The Balaban J connectivity index is 1.79. The van der Waals surface area contributed by atoms with Gasteiger partial charge in [-0.2, -0.15) is 5.06 Å². The number of rotatable bonds is 3. The van der Waals surface area contributed by atoms with Gasteiger partial charge in [-0.15, -0.1) is 0 Å². The van der Waals surface area contributed by atoms with E-state index in [1.54, 1.807) is 14.2 Å². The molecule has 138 valence electrons. The zero-order valence-corrected chi connectivity index (χ0v) is 15.9. The molecule has 0 N–H and O–H groups in total. The van der Waals surface area contributed by atoms with Crippen molar-refractivity contribution in [3.05, 3.63) is 29.3 Å². The maximum Gasteiger partial charge on any atom is 0.310 e. The minimum Gasteiger partial charge on any atom is -0.497 e. The molecule has 0 spiro atoms. The van der Waals surface area contributed by atoms with E-state index in [9.17, 15) is 4.79 Å².